The molecule has 1 aromatic carbocycles. The van der Waals surface area contributed by atoms with Gasteiger partial charge in [0, 0.05) is 11.6 Å². The molecule has 0 spiro atoms. The zero-order valence-electron chi connectivity index (χ0n) is 11.1. The lowest BCUT2D eigenvalue weighted by Gasteiger charge is -2.12. The summed E-state index contributed by atoms with van der Waals surface area (Å²) in [6.45, 7) is 3.90. The number of rotatable bonds is 6. The van der Waals surface area contributed by atoms with Gasteiger partial charge in [0.15, 0.2) is 12.4 Å². The molecule has 1 rings (SSSR count). The van der Waals surface area contributed by atoms with Crippen LogP contribution in [-0.4, -0.2) is 29.6 Å². The van der Waals surface area contributed by atoms with E-state index in [9.17, 15) is 4.79 Å². The Hall–Kier alpha value is -2.24. The van der Waals surface area contributed by atoms with Crippen molar-refractivity contribution >= 4 is 11.7 Å². The Kier molecular flexibility index (Phi) is 5.66. The molecule has 1 amide bonds. The number of nitrogens with two attached hydrogens (primary N) is 1. The van der Waals surface area contributed by atoms with Gasteiger partial charge in [-0.2, -0.15) is 0 Å². The maximum absolute atomic E-state index is 11.5. The lowest BCUT2D eigenvalue weighted by Crippen LogP contribution is -2.35. The summed E-state index contributed by atoms with van der Waals surface area (Å²) in [6, 6.07) is 6.75. The van der Waals surface area contributed by atoms with Crippen molar-refractivity contribution in [3.63, 3.8) is 0 Å². The second kappa shape index (κ2) is 7.25. The van der Waals surface area contributed by atoms with Gasteiger partial charge in [0.2, 0.25) is 0 Å². The minimum Gasteiger partial charge on any atom is -0.484 e. The number of nitrogens with zero attached hydrogens (tertiary/aromatic N) is 1. The first kappa shape index (κ1) is 14.8. The van der Waals surface area contributed by atoms with E-state index >= 15 is 0 Å². The quantitative estimate of drug-likeness (QED) is 0.310. The molecule has 0 heterocycles. The SMILES string of the molecule is CCC(C)NC(=O)COc1ccc(/C(N)=N/O)cc1. The van der Waals surface area contributed by atoms with Crippen molar-refractivity contribution in [2.24, 2.45) is 10.9 Å². The van der Waals surface area contributed by atoms with E-state index in [1.54, 1.807) is 24.3 Å². The Labute approximate surface area is 112 Å². The fourth-order valence-corrected chi connectivity index (χ4v) is 1.35. The zero-order valence-corrected chi connectivity index (χ0v) is 11.1. The zero-order chi connectivity index (χ0) is 14.3. The fraction of sp³-hybridized carbons (Fsp3) is 0.385. The highest BCUT2D eigenvalue weighted by Crippen LogP contribution is 2.11. The van der Waals surface area contributed by atoms with Crippen LogP contribution in [0, 0.1) is 0 Å². The van der Waals surface area contributed by atoms with Gasteiger partial charge in [0.25, 0.3) is 5.91 Å². The molecule has 0 aliphatic carbocycles. The molecule has 6 heteroatoms. The lowest BCUT2D eigenvalue weighted by atomic mass is 10.2. The highest BCUT2D eigenvalue weighted by molar-refractivity contribution is 5.97. The van der Waals surface area contributed by atoms with Gasteiger partial charge in [-0.05, 0) is 37.6 Å². The third-order valence-electron chi connectivity index (χ3n) is 2.65. The molecule has 104 valence electrons. The highest BCUT2D eigenvalue weighted by Gasteiger charge is 2.06. The van der Waals surface area contributed by atoms with Crippen molar-refractivity contribution < 1.29 is 14.7 Å². The molecular weight excluding hydrogens is 246 g/mol. The van der Waals surface area contributed by atoms with E-state index < -0.39 is 0 Å². The molecule has 1 unspecified atom stereocenters. The normalized spacial score (nSPS) is 12.8. The Balaban J connectivity index is 2.48. The average molecular weight is 265 g/mol. The Morgan fingerprint density at radius 1 is 1.47 bits per heavy atom. The van der Waals surface area contributed by atoms with Crippen molar-refractivity contribution in [3.8, 4) is 5.75 Å². The lowest BCUT2D eigenvalue weighted by molar-refractivity contribution is -0.123. The molecule has 0 saturated heterocycles. The van der Waals surface area contributed by atoms with Gasteiger partial charge >= 0.3 is 0 Å². The first-order valence-electron chi connectivity index (χ1n) is 6.07. The van der Waals surface area contributed by atoms with E-state index in [0.29, 0.717) is 11.3 Å². The summed E-state index contributed by atoms with van der Waals surface area (Å²) < 4.78 is 5.33. The topological polar surface area (TPSA) is 96.9 Å². The summed E-state index contributed by atoms with van der Waals surface area (Å²) in [5.41, 5.74) is 6.01. The van der Waals surface area contributed by atoms with Gasteiger partial charge in [-0.3, -0.25) is 4.79 Å². The van der Waals surface area contributed by atoms with E-state index in [1.807, 2.05) is 13.8 Å². The number of benzene rings is 1. The molecule has 0 bridgehead atoms. The number of hydrogen-bond donors (Lipinski definition) is 3. The summed E-state index contributed by atoms with van der Waals surface area (Å²) in [5, 5.41) is 14.2. The van der Waals surface area contributed by atoms with Crippen LogP contribution in [0.1, 0.15) is 25.8 Å². The summed E-state index contributed by atoms with van der Waals surface area (Å²) >= 11 is 0. The van der Waals surface area contributed by atoms with Crippen LogP contribution in [-0.2, 0) is 4.79 Å². The Morgan fingerprint density at radius 2 is 2.11 bits per heavy atom. The van der Waals surface area contributed by atoms with Crippen molar-refractivity contribution in [1.29, 1.82) is 0 Å². The first-order valence-corrected chi connectivity index (χ1v) is 6.07. The van der Waals surface area contributed by atoms with Crippen LogP contribution >= 0.6 is 0 Å². The highest BCUT2D eigenvalue weighted by atomic mass is 16.5. The Bertz CT molecular complexity index is 443. The van der Waals surface area contributed by atoms with Crippen LogP contribution in [0.3, 0.4) is 0 Å². The minimum absolute atomic E-state index is 0.0288. The number of nitrogens with one attached hydrogen (secondary N) is 1. The van der Waals surface area contributed by atoms with Gasteiger partial charge in [0.05, 0.1) is 0 Å². The molecule has 0 aromatic heterocycles. The maximum atomic E-state index is 11.5. The number of carbonyl (C=O) groups is 1. The van der Waals surface area contributed by atoms with Gasteiger partial charge in [-0.15, -0.1) is 0 Å². The predicted octanol–water partition coefficient (Wildman–Crippen LogP) is 1.07. The summed E-state index contributed by atoms with van der Waals surface area (Å²) in [6.07, 6.45) is 0.875. The number of amidine groups is 1. The molecule has 0 radical (unpaired) electrons. The molecule has 0 aliphatic rings. The molecule has 1 atom stereocenters. The minimum atomic E-state index is -0.158. The largest absolute Gasteiger partial charge is 0.484 e. The first-order chi connectivity index (χ1) is 9.06. The number of ether oxygens (including phenoxy) is 1. The fourth-order valence-electron chi connectivity index (χ4n) is 1.35. The molecule has 6 nitrogen and oxygen atoms in total. The van der Waals surface area contributed by atoms with E-state index in [1.165, 1.54) is 0 Å². The van der Waals surface area contributed by atoms with Crippen LogP contribution in [0.5, 0.6) is 5.75 Å². The smallest absolute Gasteiger partial charge is 0.258 e. The van der Waals surface area contributed by atoms with Crippen molar-refractivity contribution in [2.75, 3.05) is 6.61 Å². The number of amides is 1. The van der Waals surface area contributed by atoms with E-state index in [2.05, 4.69) is 10.5 Å². The van der Waals surface area contributed by atoms with Crippen molar-refractivity contribution in [1.82, 2.24) is 5.32 Å². The average Bonchev–Trinajstić information content (AvgIpc) is 2.44. The number of carbonyl (C=O) groups excluding carboxylic acids is 1. The van der Waals surface area contributed by atoms with Gasteiger partial charge in [-0.1, -0.05) is 12.1 Å². The molecule has 0 saturated carbocycles. The van der Waals surface area contributed by atoms with Gasteiger partial charge in [-0.25, -0.2) is 0 Å². The molecule has 1 aromatic rings. The van der Waals surface area contributed by atoms with Crippen LogP contribution in [0.4, 0.5) is 0 Å². The van der Waals surface area contributed by atoms with Crippen LogP contribution in [0.25, 0.3) is 0 Å². The molecule has 0 fully saturated rings. The molecule has 4 N–H and O–H groups in total. The summed E-state index contributed by atoms with van der Waals surface area (Å²) in [5.74, 6) is 0.421. The predicted molar refractivity (Wildman–Crippen MR) is 72.3 cm³/mol. The van der Waals surface area contributed by atoms with E-state index in [0.717, 1.165) is 6.42 Å². The standard InChI is InChI=1S/C13H19N3O3/c1-3-9(2)15-12(17)8-19-11-6-4-10(5-7-11)13(14)16-18/h4-7,9,18H,3,8H2,1-2H3,(H2,14,16)(H,15,17). The van der Waals surface area contributed by atoms with Gasteiger partial charge in [0.1, 0.15) is 5.75 Å². The monoisotopic (exact) mass is 265 g/mol. The molecule has 0 aliphatic heterocycles. The number of oxime groups is 1. The second-order valence-electron chi connectivity index (χ2n) is 4.18. The van der Waals surface area contributed by atoms with Gasteiger partial charge < -0.3 is 21.0 Å². The van der Waals surface area contributed by atoms with Crippen LogP contribution in [0.2, 0.25) is 0 Å². The summed E-state index contributed by atoms with van der Waals surface area (Å²) in [7, 11) is 0. The van der Waals surface area contributed by atoms with E-state index in [-0.39, 0.29) is 24.4 Å². The summed E-state index contributed by atoms with van der Waals surface area (Å²) in [4.78, 5) is 11.5. The third-order valence-corrected chi connectivity index (χ3v) is 2.65. The van der Waals surface area contributed by atoms with Crippen LogP contribution < -0.4 is 15.8 Å². The third kappa shape index (κ3) is 4.87. The van der Waals surface area contributed by atoms with E-state index in [4.69, 9.17) is 15.7 Å². The molecule has 19 heavy (non-hydrogen) atoms. The van der Waals surface area contributed by atoms with Crippen LogP contribution in [0.15, 0.2) is 29.4 Å². The second-order valence-corrected chi connectivity index (χ2v) is 4.18. The molecular formula is C13H19N3O3. The maximum Gasteiger partial charge on any atom is 0.258 e. The Morgan fingerprint density at radius 3 is 2.63 bits per heavy atom. The van der Waals surface area contributed by atoms with Crippen molar-refractivity contribution in [2.45, 2.75) is 26.3 Å². The van der Waals surface area contributed by atoms with Crippen molar-refractivity contribution in [3.05, 3.63) is 29.8 Å². The number of hydrogen-bond acceptors (Lipinski definition) is 4.